The Morgan fingerprint density at radius 2 is 2.20 bits per heavy atom. The molecule has 0 saturated carbocycles. The Bertz CT molecular complexity index is 777. The summed E-state index contributed by atoms with van der Waals surface area (Å²) < 4.78 is 16.0. The van der Waals surface area contributed by atoms with E-state index >= 15 is 0 Å². The van der Waals surface area contributed by atoms with Crippen LogP contribution < -0.4 is 5.73 Å². The van der Waals surface area contributed by atoms with E-state index in [4.69, 9.17) is 17.3 Å². The number of halogens is 2. The number of aromatic nitrogens is 4. The maximum absolute atomic E-state index is 14.2. The first-order valence-corrected chi connectivity index (χ1v) is 6.22. The highest BCUT2D eigenvalue weighted by molar-refractivity contribution is 6.31. The molecular formula is C13H11ClFN5. The van der Waals surface area contributed by atoms with Gasteiger partial charge in [-0.3, -0.25) is 5.10 Å². The summed E-state index contributed by atoms with van der Waals surface area (Å²) in [5.74, 6) is -0.328. The van der Waals surface area contributed by atoms with Crippen molar-refractivity contribution in [3.63, 3.8) is 0 Å². The summed E-state index contributed by atoms with van der Waals surface area (Å²) in [6.07, 6.45) is 3.43. The third kappa shape index (κ3) is 1.94. The number of nitrogen functional groups attached to an aromatic ring is 1. The van der Waals surface area contributed by atoms with Gasteiger partial charge in [0.25, 0.3) is 0 Å². The van der Waals surface area contributed by atoms with Gasteiger partial charge in [0, 0.05) is 18.8 Å². The van der Waals surface area contributed by atoms with E-state index in [0.717, 1.165) is 0 Å². The minimum absolute atomic E-state index is 0.0371. The quantitative estimate of drug-likeness (QED) is 0.762. The molecule has 0 amide bonds. The maximum Gasteiger partial charge on any atom is 0.153 e. The Hall–Kier alpha value is -2.34. The lowest BCUT2D eigenvalue weighted by Crippen LogP contribution is -1.92. The zero-order valence-electron chi connectivity index (χ0n) is 10.6. The van der Waals surface area contributed by atoms with E-state index in [-0.39, 0.29) is 10.8 Å². The second-order valence-corrected chi connectivity index (χ2v) is 4.79. The molecule has 2 heterocycles. The molecule has 3 rings (SSSR count). The van der Waals surface area contributed by atoms with Crippen molar-refractivity contribution >= 4 is 17.4 Å². The van der Waals surface area contributed by atoms with Gasteiger partial charge >= 0.3 is 0 Å². The van der Waals surface area contributed by atoms with Gasteiger partial charge in [-0.1, -0.05) is 23.7 Å². The standard InChI is InChI=1S/C13H11ClFN5/c1-20-5-9(17-6-20)12-10(13(16)19-18-12)7-3-2-4-8(14)11(7)15/h2-6H,1H3,(H3,16,18,19). The molecule has 0 unspecified atom stereocenters. The topological polar surface area (TPSA) is 72.5 Å². The minimum Gasteiger partial charge on any atom is -0.382 e. The predicted molar refractivity (Wildman–Crippen MR) is 75.6 cm³/mol. The highest BCUT2D eigenvalue weighted by Gasteiger charge is 2.20. The van der Waals surface area contributed by atoms with E-state index in [2.05, 4.69) is 15.2 Å². The van der Waals surface area contributed by atoms with Crippen LogP contribution in [0.15, 0.2) is 30.7 Å². The fourth-order valence-corrected chi connectivity index (χ4v) is 2.23. The van der Waals surface area contributed by atoms with Gasteiger partial charge < -0.3 is 10.3 Å². The molecule has 0 spiro atoms. The number of aromatic amines is 1. The number of nitrogens with zero attached hydrogens (tertiary/aromatic N) is 3. The number of imidazole rings is 1. The smallest absolute Gasteiger partial charge is 0.153 e. The first-order chi connectivity index (χ1) is 9.58. The van der Waals surface area contributed by atoms with Crippen molar-refractivity contribution in [2.45, 2.75) is 0 Å². The number of aryl methyl sites for hydroxylation is 1. The highest BCUT2D eigenvalue weighted by Crippen LogP contribution is 2.36. The van der Waals surface area contributed by atoms with Gasteiger partial charge in [0.2, 0.25) is 0 Å². The molecule has 0 radical (unpaired) electrons. The summed E-state index contributed by atoms with van der Waals surface area (Å²) in [4.78, 5) is 4.22. The zero-order valence-corrected chi connectivity index (χ0v) is 11.3. The molecule has 0 aliphatic heterocycles. The largest absolute Gasteiger partial charge is 0.382 e. The van der Waals surface area contributed by atoms with E-state index in [1.807, 2.05) is 7.05 Å². The highest BCUT2D eigenvalue weighted by atomic mass is 35.5. The molecule has 0 aliphatic rings. The van der Waals surface area contributed by atoms with Crippen LogP contribution in [0.5, 0.6) is 0 Å². The lowest BCUT2D eigenvalue weighted by atomic mass is 10.0. The molecule has 0 fully saturated rings. The van der Waals surface area contributed by atoms with Crippen LogP contribution in [0.2, 0.25) is 5.02 Å². The van der Waals surface area contributed by atoms with Crippen molar-refractivity contribution in [1.82, 2.24) is 19.7 Å². The van der Waals surface area contributed by atoms with Gasteiger partial charge in [-0.25, -0.2) is 9.37 Å². The fourth-order valence-electron chi connectivity index (χ4n) is 2.05. The molecule has 0 aliphatic carbocycles. The Labute approximate surface area is 119 Å². The first kappa shape index (κ1) is 12.7. The summed E-state index contributed by atoms with van der Waals surface area (Å²) in [5.41, 5.74) is 7.80. The number of H-pyrrole nitrogens is 1. The van der Waals surface area contributed by atoms with E-state index in [0.29, 0.717) is 22.5 Å². The number of nitrogens with one attached hydrogen (secondary N) is 1. The monoisotopic (exact) mass is 291 g/mol. The Balaban J connectivity index is 2.24. The molecule has 0 atom stereocenters. The maximum atomic E-state index is 14.2. The zero-order chi connectivity index (χ0) is 14.3. The van der Waals surface area contributed by atoms with Crippen molar-refractivity contribution in [3.8, 4) is 22.5 Å². The molecule has 20 heavy (non-hydrogen) atoms. The van der Waals surface area contributed by atoms with Crippen LogP contribution >= 0.6 is 11.6 Å². The minimum atomic E-state index is -0.528. The number of nitrogens with two attached hydrogens (primary N) is 1. The molecule has 7 heteroatoms. The van der Waals surface area contributed by atoms with Crippen molar-refractivity contribution in [3.05, 3.63) is 41.6 Å². The summed E-state index contributed by atoms with van der Waals surface area (Å²) in [6.45, 7) is 0. The predicted octanol–water partition coefficient (Wildman–Crippen LogP) is 2.85. The normalized spacial score (nSPS) is 10.9. The lowest BCUT2D eigenvalue weighted by Gasteiger charge is -2.05. The third-order valence-corrected chi connectivity index (χ3v) is 3.27. The molecule has 3 aromatic rings. The number of hydrogen-bond donors (Lipinski definition) is 2. The van der Waals surface area contributed by atoms with Gasteiger partial charge in [0.05, 0.1) is 22.6 Å². The van der Waals surface area contributed by atoms with Crippen molar-refractivity contribution in [2.75, 3.05) is 5.73 Å². The molecule has 1 aromatic carbocycles. The van der Waals surface area contributed by atoms with E-state index in [9.17, 15) is 4.39 Å². The Morgan fingerprint density at radius 1 is 1.40 bits per heavy atom. The fraction of sp³-hybridized carbons (Fsp3) is 0.0769. The van der Waals surface area contributed by atoms with E-state index in [1.54, 1.807) is 29.2 Å². The number of benzene rings is 1. The SMILES string of the molecule is Cn1cnc(-c2[nH]nc(N)c2-c2cccc(Cl)c2F)c1. The molecule has 5 nitrogen and oxygen atoms in total. The first-order valence-electron chi connectivity index (χ1n) is 5.84. The number of anilines is 1. The van der Waals surface area contributed by atoms with Gasteiger partial charge in [-0.05, 0) is 6.07 Å². The summed E-state index contributed by atoms with van der Waals surface area (Å²) in [6, 6.07) is 4.75. The second kappa shape index (κ2) is 4.64. The second-order valence-electron chi connectivity index (χ2n) is 4.38. The van der Waals surface area contributed by atoms with Crippen molar-refractivity contribution < 1.29 is 4.39 Å². The van der Waals surface area contributed by atoms with Crippen LogP contribution in [0.1, 0.15) is 0 Å². The average Bonchev–Trinajstić information content (AvgIpc) is 2.99. The summed E-state index contributed by atoms with van der Waals surface area (Å²) in [7, 11) is 1.84. The van der Waals surface area contributed by atoms with Crippen LogP contribution in [-0.2, 0) is 7.05 Å². The van der Waals surface area contributed by atoms with Crippen LogP contribution in [0.25, 0.3) is 22.5 Å². The summed E-state index contributed by atoms with van der Waals surface area (Å²) >= 11 is 5.82. The molecule has 0 saturated heterocycles. The molecule has 3 N–H and O–H groups in total. The van der Waals surface area contributed by atoms with Gasteiger partial charge in [0.1, 0.15) is 11.5 Å². The van der Waals surface area contributed by atoms with E-state index < -0.39 is 5.82 Å². The van der Waals surface area contributed by atoms with Crippen LogP contribution in [0, 0.1) is 5.82 Å². The number of hydrogen-bond acceptors (Lipinski definition) is 3. The van der Waals surface area contributed by atoms with Gasteiger partial charge in [0.15, 0.2) is 5.82 Å². The Morgan fingerprint density at radius 3 is 2.90 bits per heavy atom. The number of rotatable bonds is 2. The van der Waals surface area contributed by atoms with Crippen molar-refractivity contribution in [1.29, 1.82) is 0 Å². The molecule has 102 valence electrons. The molecule has 2 aromatic heterocycles. The van der Waals surface area contributed by atoms with E-state index in [1.165, 1.54) is 6.07 Å². The van der Waals surface area contributed by atoms with Gasteiger partial charge in [-0.15, -0.1) is 0 Å². The third-order valence-electron chi connectivity index (χ3n) is 2.98. The average molecular weight is 292 g/mol. The van der Waals surface area contributed by atoms with Gasteiger partial charge in [-0.2, -0.15) is 5.10 Å². The molecular weight excluding hydrogens is 281 g/mol. The van der Waals surface area contributed by atoms with Crippen LogP contribution in [0.3, 0.4) is 0 Å². The lowest BCUT2D eigenvalue weighted by molar-refractivity contribution is 0.632. The summed E-state index contributed by atoms with van der Waals surface area (Å²) in [5, 5.41) is 6.77. The van der Waals surface area contributed by atoms with Crippen LogP contribution in [-0.4, -0.2) is 19.7 Å². The van der Waals surface area contributed by atoms with Crippen LogP contribution in [0.4, 0.5) is 10.2 Å². The Kier molecular flexibility index (Phi) is 2.94. The molecule has 0 bridgehead atoms. The van der Waals surface area contributed by atoms with Crippen molar-refractivity contribution in [2.24, 2.45) is 7.05 Å².